The summed E-state index contributed by atoms with van der Waals surface area (Å²) >= 11 is 0. The Morgan fingerprint density at radius 3 is 2.32 bits per heavy atom. The lowest BCUT2D eigenvalue weighted by Crippen LogP contribution is -1.79. The number of hydrogen-bond donors (Lipinski definition) is 0. The van der Waals surface area contributed by atoms with Crippen LogP contribution < -0.4 is 0 Å². The smallest absolute Gasteiger partial charge is 0.249 e. The van der Waals surface area contributed by atoms with Crippen LogP contribution in [0.5, 0.6) is 0 Å². The Bertz CT molecular complexity index is 726. The van der Waals surface area contributed by atoms with E-state index >= 15 is 0 Å². The molecule has 90 valence electrons. The quantitative estimate of drug-likeness (QED) is 0.696. The van der Waals surface area contributed by atoms with Gasteiger partial charge in [-0.1, -0.05) is 0 Å². The van der Waals surface area contributed by atoms with Crippen molar-refractivity contribution in [1.82, 2.24) is 15.2 Å². The van der Waals surface area contributed by atoms with Gasteiger partial charge in [-0.2, -0.15) is 5.26 Å². The van der Waals surface area contributed by atoms with Gasteiger partial charge in [0.15, 0.2) is 0 Å². The molecule has 2 heterocycles. The molecule has 0 N–H and O–H groups in total. The molecule has 0 radical (unpaired) electrons. The van der Waals surface area contributed by atoms with Gasteiger partial charge in [-0.3, -0.25) is 4.98 Å². The van der Waals surface area contributed by atoms with E-state index in [0.29, 0.717) is 17.3 Å². The van der Waals surface area contributed by atoms with Crippen molar-refractivity contribution < 1.29 is 4.42 Å². The van der Waals surface area contributed by atoms with Gasteiger partial charge in [0.05, 0.1) is 17.2 Å². The predicted octanol–water partition coefficient (Wildman–Crippen LogP) is 2.67. The summed E-state index contributed by atoms with van der Waals surface area (Å²) in [5.74, 6) is 0.843. The van der Waals surface area contributed by atoms with Gasteiger partial charge in [0.2, 0.25) is 11.8 Å². The van der Waals surface area contributed by atoms with E-state index in [2.05, 4.69) is 21.3 Å². The highest BCUT2D eigenvalue weighted by Crippen LogP contribution is 2.23. The molecule has 0 aliphatic carbocycles. The molecule has 0 saturated heterocycles. The van der Waals surface area contributed by atoms with Gasteiger partial charge in [-0.25, -0.2) is 0 Å². The number of rotatable bonds is 2. The predicted molar refractivity (Wildman–Crippen MR) is 67.7 cm³/mol. The summed E-state index contributed by atoms with van der Waals surface area (Å²) in [5, 5.41) is 16.7. The molecule has 3 aromatic rings. The molecule has 2 aromatic heterocycles. The maximum atomic E-state index is 8.74. The van der Waals surface area contributed by atoms with Crippen LogP contribution in [0, 0.1) is 11.3 Å². The Morgan fingerprint density at radius 2 is 1.68 bits per heavy atom. The van der Waals surface area contributed by atoms with Crippen LogP contribution in [-0.4, -0.2) is 15.2 Å². The molecule has 3 rings (SSSR count). The number of benzene rings is 1. The van der Waals surface area contributed by atoms with Crippen LogP contribution in [0.4, 0.5) is 0 Å². The van der Waals surface area contributed by atoms with Crippen LogP contribution in [-0.2, 0) is 0 Å². The third-order valence-corrected chi connectivity index (χ3v) is 2.59. The summed E-state index contributed by atoms with van der Waals surface area (Å²) < 4.78 is 5.58. The monoisotopic (exact) mass is 248 g/mol. The van der Waals surface area contributed by atoms with E-state index in [9.17, 15) is 0 Å². The van der Waals surface area contributed by atoms with E-state index in [0.717, 1.165) is 11.1 Å². The first-order valence-electron chi connectivity index (χ1n) is 5.61. The highest BCUT2D eigenvalue weighted by atomic mass is 16.4. The molecule has 0 amide bonds. The van der Waals surface area contributed by atoms with Crippen molar-refractivity contribution in [1.29, 1.82) is 5.26 Å². The SMILES string of the molecule is N#Cc1ccc(-c2nnc(-c3cccnc3)o2)cc1. The van der Waals surface area contributed by atoms with Gasteiger partial charge in [0.1, 0.15) is 0 Å². The maximum absolute atomic E-state index is 8.74. The molecule has 0 atom stereocenters. The average molecular weight is 248 g/mol. The Balaban J connectivity index is 1.95. The zero-order valence-electron chi connectivity index (χ0n) is 9.82. The molecular formula is C14H8N4O. The van der Waals surface area contributed by atoms with Crippen molar-refractivity contribution in [2.45, 2.75) is 0 Å². The van der Waals surface area contributed by atoms with Crippen LogP contribution in [0.3, 0.4) is 0 Å². The second-order valence-electron chi connectivity index (χ2n) is 3.84. The topological polar surface area (TPSA) is 75.6 Å². The fraction of sp³-hybridized carbons (Fsp3) is 0. The van der Waals surface area contributed by atoms with Gasteiger partial charge in [0, 0.05) is 18.0 Å². The molecule has 5 heteroatoms. The van der Waals surface area contributed by atoms with Gasteiger partial charge in [0.25, 0.3) is 0 Å². The van der Waals surface area contributed by atoms with Crippen LogP contribution in [0.25, 0.3) is 22.9 Å². The highest BCUT2D eigenvalue weighted by molar-refractivity contribution is 5.57. The molecule has 0 unspecified atom stereocenters. The first kappa shape index (κ1) is 11.1. The van der Waals surface area contributed by atoms with Gasteiger partial charge < -0.3 is 4.42 Å². The number of hydrogen-bond acceptors (Lipinski definition) is 5. The molecule has 5 nitrogen and oxygen atoms in total. The minimum atomic E-state index is 0.420. The Hall–Kier alpha value is -3.00. The Morgan fingerprint density at radius 1 is 0.947 bits per heavy atom. The summed E-state index contributed by atoms with van der Waals surface area (Å²) in [6, 6.07) is 12.7. The fourth-order valence-electron chi connectivity index (χ4n) is 1.63. The standard InChI is InChI=1S/C14H8N4O/c15-8-10-3-5-11(6-4-10)13-17-18-14(19-13)12-2-1-7-16-9-12/h1-7,9H. The van der Waals surface area contributed by atoms with Gasteiger partial charge in [-0.15, -0.1) is 10.2 Å². The largest absolute Gasteiger partial charge is 0.416 e. The second-order valence-corrected chi connectivity index (χ2v) is 3.84. The maximum Gasteiger partial charge on any atom is 0.249 e. The number of pyridine rings is 1. The molecule has 0 saturated carbocycles. The molecule has 0 fully saturated rings. The van der Waals surface area contributed by atoms with Crippen LogP contribution in [0.15, 0.2) is 53.2 Å². The molecule has 0 spiro atoms. The Labute approximate surface area is 109 Å². The summed E-state index contributed by atoms with van der Waals surface area (Å²) in [5.41, 5.74) is 2.15. The van der Waals surface area contributed by atoms with E-state index in [1.54, 1.807) is 42.7 Å². The molecule has 0 aliphatic heterocycles. The number of nitrogens with zero attached hydrogens (tertiary/aromatic N) is 4. The molecule has 0 bridgehead atoms. The lowest BCUT2D eigenvalue weighted by atomic mass is 10.1. The normalized spacial score (nSPS) is 10.1. The zero-order chi connectivity index (χ0) is 13.1. The highest BCUT2D eigenvalue weighted by Gasteiger charge is 2.10. The number of nitriles is 1. The van der Waals surface area contributed by atoms with E-state index in [1.165, 1.54) is 0 Å². The molecule has 1 aromatic carbocycles. The van der Waals surface area contributed by atoms with Crippen LogP contribution >= 0.6 is 0 Å². The van der Waals surface area contributed by atoms with E-state index in [-0.39, 0.29) is 0 Å². The molecular weight excluding hydrogens is 240 g/mol. The van der Waals surface area contributed by atoms with Crippen LogP contribution in [0.2, 0.25) is 0 Å². The van der Waals surface area contributed by atoms with Crippen molar-refractivity contribution in [3.63, 3.8) is 0 Å². The lowest BCUT2D eigenvalue weighted by Gasteiger charge is -1.94. The molecule has 19 heavy (non-hydrogen) atoms. The fourth-order valence-corrected chi connectivity index (χ4v) is 1.63. The van der Waals surface area contributed by atoms with E-state index < -0.39 is 0 Å². The second kappa shape index (κ2) is 4.70. The third kappa shape index (κ3) is 2.19. The first-order valence-corrected chi connectivity index (χ1v) is 5.61. The van der Waals surface area contributed by atoms with E-state index in [4.69, 9.17) is 9.68 Å². The third-order valence-electron chi connectivity index (χ3n) is 2.59. The van der Waals surface area contributed by atoms with Crippen LogP contribution in [0.1, 0.15) is 5.56 Å². The first-order chi connectivity index (χ1) is 9.36. The van der Waals surface area contributed by atoms with E-state index in [1.807, 2.05) is 6.07 Å². The average Bonchev–Trinajstić information content (AvgIpc) is 2.98. The minimum absolute atomic E-state index is 0.420. The Kier molecular flexibility index (Phi) is 2.75. The van der Waals surface area contributed by atoms with Gasteiger partial charge >= 0.3 is 0 Å². The van der Waals surface area contributed by atoms with Crippen molar-refractivity contribution >= 4 is 0 Å². The summed E-state index contributed by atoms with van der Waals surface area (Å²) in [6.45, 7) is 0. The van der Waals surface area contributed by atoms with Gasteiger partial charge in [-0.05, 0) is 36.4 Å². The van der Waals surface area contributed by atoms with Crippen molar-refractivity contribution in [3.05, 3.63) is 54.4 Å². The number of aromatic nitrogens is 3. The summed E-state index contributed by atoms with van der Waals surface area (Å²) in [4.78, 5) is 4.00. The zero-order valence-corrected chi connectivity index (χ0v) is 9.82. The lowest BCUT2D eigenvalue weighted by molar-refractivity contribution is 0.584. The van der Waals surface area contributed by atoms with Crippen molar-refractivity contribution in [3.8, 4) is 29.0 Å². The summed E-state index contributed by atoms with van der Waals surface area (Å²) in [6.07, 6.45) is 3.34. The molecule has 0 aliphatic rings. The summed E-state index contributed by atoms with van der Waals surface area (Å²) in [7, 11) is 0. The van der Waals surface area contributed by atoms with Crippen molar-refractivity contribution in [2.75, 3.05) is 0 Å². The minimum Gasteiger partial charge on any atom is -0.416 e. The van der Waals surface area contributed by atoms with Crippen molar-refractivity contribution in [2.24, 2.45) is 0 Å².